The van der Waals surface area contributed by atoms with E-state index in [4.69, 9.17) is 17.0 Å². The zero-order valence-corrected chi connectivity index (χ0v) is 19.1. The summed E-state index contributed by atoms with van der Waals surface area (Å²) in [5.74, 6) is -0.0476. The Morgan fingerprint density at radius 3 is 2.54 bits per heavy atom. The molecule has 8 nitrogen and oxygen atoms in total. The van der Waals surface area contributed by atoms with Crippen molar-refractivity contribution in [3.63, 3.8) is 0 Å². The van der Waals surface area contributed by atoms with Crippen LogP contribution in [0.3, 0.4) is 0 Å². The van der Waals surface area contributed by atoms with Gasteiger partial charge in [0.2, 0.25) is 0 Å². The average molecular weight is 495 g/mol. The van der Waals surface area contributed by atoms with Crippen molar-refractivity contribution in [2.45, 2.75) is 38.4 Å². The Bertz CT molecular complexity index is 1310. The van der Waals surface area contributed by atoms with Gasteiger partial charge in [-0.15, -0.1) is 0 Å². The standard InChI is InChI=1S/C22H22F5N7O/c1-10-14(29-3)5-13(18(35-4)15(10)12-6-33(7-12)8-22(25,26)27)11(2)34-21-16(17(32-34)19(23)24)20(28)30-9-31-21/h5,9,11-12,19H,6-8H2,1-2,4H3,(H2,28,30,31). The zero-order valence-electron chi connectivity index (χ0n) is 19.1. The molecule has 0 spiro atoms. The van der Waals surface area contributed by atoms with Crippen molar-refractivity contribution in [3.8, 4) is 5.75 Å². The Balaban J connectivity index is 1.82. The van der Waals surface area contributed by atoms with Crippen LogP contribution in [0.2, 0.25) is 0 Å². The number of nitrogens with zero attached hydrogens (tertiary/aromatic N) is 6. The molecular formula is C22H22F5N7O. The molecule has 2 aromatic heterocycles. The first-order valence-electron chi connectivity index (χ1n) is 10.6. The summed E-state index contributed by atoms with van der Waals surface area (Å²) in [6, 6.07) is 0.863. The number of halogens is 5. The minimum atomic E-state index is -4.31. The van der Waals surface area contributed by atoms with Crippen LogP contribution in [0.5, 0.6) is 5.75 Å². The van der Waals surface area contributed by atoms with Crippen molar-refractivity contribution in [1.29, 1.82) is 0 Å². The van der Waals surface area contributed by atoms with Crippen LogP contribution in [0.4, 0.5) is 33.5 Å². The molecule has 3 heterocycles. The summed E-state index contributed by atoms with van der Waals surface area (Å²) in [4.78, 5) is 12.7. The fourth-order valence-electron chi connectivity index (χ4n) is 4.64. The third-order valence-corrected chi connectivity index (χ3v) is 6.25. The summed E-state index contributed by atoms with van der Waals surface area (Å²) in [6.45, 7) is 10.3. The molecule has 3 aromatic rings. The lowest BCUT2D eigenvalue weighted by molar-refractivity contribution is -0.154. The van der Waals surface area contributed by atoms with Gasteiger partial charge >= 0.3 is 6.18 Å². The molecule has 1 atom stereocenters. The number of aromatic nitrogens is 4. The second-order valence-corrected chi connectivity index (χ2v) is 8.44. The van der Waals surface area contributed by atoms with E-state index in [1.54, 1.807) is 19.9 Å². The number of hydrogen-bond acceptors (Lipinski definition) is 6. The number of likely N-dealkylation sites (tertiary alicyclic amines) is 1. The molecule has 1 unspecified atom stereocenters. The number of benzene rings is 1. The van der Waals surface area contributed by atoms with E-state index < -0.39 is 30.9 Å². The van der Waals surface area contributed by atoms with E-state index in [1.807, 2.05) is 0 Å². The van der Waals surface area contributed by atoms with Crippen LogP contribution in [0.25, 0.3) is 15.9 Å². The number of alkyl halides is 5. The number of rotatable bonds is 6. The Morgan fingerprint density at radius 2 is 1.97 bits per heavy atom. The fraction of sp³-hybridized carbons (Fsp3) is 0.455. The van der Waals surface area contributed by atoms with Crippen molar-refractivity contribution in [1.82, 2.24) is 24.6 Å². The molecule has 1 aliphatic heterocycles. The van der Waals surface area contributed by atoms with Crippen LogP contribution in [0, 0.1) is 13.5 Å². The minimum Gasteiger partial charge on any atom is -0.496 e. The molecule has 0 aliphatic carbocycles. The van der Waals surface area contributed by atoms with Gasteiger partial charge in [-0.05, 0) is 31.0 Å². The number of methoxy groups -OCH3 is 1. The predicted molar refractivity (Wildman–Crippen MR) is 118 cm³/mol. The average Bonchev–Trinajstić information content (AvgIpc) is 3.16. The van der Waals surface area contributed by atoms with Gasteiger partial charge in [0.15, 0.2) is 11.3 Å². The number of nitrogens with two attached hydrogens (primary N) is 1. The molecule has 0 radical (unpaired) electrons. The van der Waals surface area contributed by atoms with Crippen molar-refractivity contribution < 1.29 is 26.7 Å². The van der Waals surface area contributed by atoms with E-state index in [0.717, 1.165) is 6.33 Å². The molecule has 0 saturated carbocycles. The van der Waals surface area contributed by atoms with Gasteiger partial charge in [-0.25, -0.2) is 28.3 Å². The van der Waals surface area contributed by atoms with Gasteiger partial charge in [0.25, 0.3) is 6.43 Å². The van der Waals surface area contributed by atoms with Crippen LogP contribution in [0.15, 0.2) is 12.4 Å². The summed E-state index contributed by atoms with van der Waals surface area (Å²) in [7, 11) is 1.42. The SMILES string of the molecule is [C-]#[N+]c1cc(C(C)n2nc(C(F)F)c3c(N)ncnc32)c(OC)c(C2CN(CC(F)(F)F)C2)c1C. The Kier molecular flexibility index (Phi) is 6.27. The molecule has 0 bridgehead atoms. The van der Waals surface area contributed by atoms with Crippen LogP contribution >= 0.6 is 0 Å². The first kappa shape index (κ1) is 24.6. The molecule has 1 aromatic carbocycles. The number of nitrogen functional groups attached to an aromatic ring is 1. The molecule has 0 amide bonds. The number of hydrogen-bond donors (Lipinski definition) is 1. The van der Waals surface area contributed by atoms with E-state index in [2.05, 4.69) is 19.9 Å². The van der Waals surface area contributed by atoms with Crippen LogP contribution in [-0.2, 0) is 0 Å². The van der Waals surface area contributed by atoms with Gasteiger partial charge in [0, 0.05) is 24.6 Å². The smallest absolute Gasteiger partial charge is 0.401 e. The molecule has 1 fully saturated rings. The summed E-state index contributed by atoms with van der Waals surface area (Å²) < 4.78 is 72.7. The van der Waals surface area contributed by atoms with E-state index in [9.17, 15) is 22.0 Å². The summed E-state index contributed by atoms with van der Waals surface area (Å²) in [6.07, 6.45) is -6.10. The van der Waals surface area contributed by atoms with Gasteiger partial charge in [-0.3, -0.25) is 4.90 Å². The van der Waals surface area contributed by atoms with E-state index in [-0.39, 0.29) is 41.5 Å². The summed E-state index contributed by atoms with van der Waals surface area (Å²) in [5.41, 5.74) is 7.34. The van der Waals surface area contributed by atoms with Crippen molar-refractivity contribution in [2.75, 3.05) is 32.5 Å². The summed E-state index contributed by atoms with van der Waals surface area (Å²) in [5, 5.41) is 4.00. The third-order valence-electron chi connectivity index (χ3n) is 6.25. The second-order valence-electron chi connectivity index (χ2n) is 8.44. The van der Waals surface area contributed by atoms with E-state index in [1.165, 1.54) is 16.7 Å². The summed E-state index contributed by atoms with van der Waals surface area (Å²) >= 11 is 0. The highest BCUT2D eigenvalue weighted by atomic mass is 19.4. The number of fused-ring (bicyclic) bond motifs is 1. The van der Waals surface area contributed by atoms with Gasteiger partial charge in [0.05, 0.1) is 31.7 Å². The Hall–Kier alpha value is -3.53. The number of ether oxygens (including phenoxy) is 1. The maximum Gasteiger partial charge on any atom is 0.401 e. The topological polar surface area (TPSA) is 86.5 Å². The molecule has 1 aliphatic rings. The third kappa shape index (κ3) is 4.34. The van der Waals surface area contributed by atoms with Crippen molar-refractivity contribution in [2.24, 2.45) is 0 Å². The Labute approximate surface area is 197 Å². The number of anilines is 1. The minimum absolute atomic E-state index is 0.0622. The predicted octanol–water partition coefficient (Wildman–Crippen LogP) is 4.78. The quantitative estimate of drug-likeness (QED) is 0.391. The molecule has 2 N–H and O–H groups in total. The fourth-order valence-corrected chi connectivity index (χ4v) is 4.64. The molecule has 13 heteroatoms. The second kappa shape index (κ2) is 8.92. The van der Waals surface area contributed by atoms with Crippen LogP contribution in [-0.4, -0.2) is 57.6 Å². The normalized spacial score (nSPS) is 15.9. The maximum absolute atomic E-state index is 13.7. The molecule has 35 heavy (non-hydrogen) atoms. The molecule has 4 rings (SSSR count). The van der Waals surface area contributed by atoms with Crippen molar-refractivity contribution in [3.05, 3.63) is 46.2 Å². The lowest BCUT2D eigenvalue weighted by Crippen LogP contribution is -2.49. The van der Waals surface area contributed by atoms with E-state index in [0.29, 0.717) is 22.4 Å². The van der Waals surface area contributed by atoms with Gasteiger partial charge in [0.1, 0.15) is 23.6 Å². The van der Waals surface area contributed by atoms with Gasteiger partial charge in [-0.1, -0.05) is 0 Å². The van der Waals surface area contributed by atoms with Crippen LogP contribution in [0.1, 0.15) is 47.7 Å². The van der Waals surface area contributed by atoms with E-state index >= 15 is 0 Å². The van der Waals surface area contributed by atoms with Gasteiger partial charge in [-0.2, -0.15) is 18.3 Å². The first-order chi connectivity index (χ1) is 16.5. The van der Waals surface area contributed by atoms with Gasteiger partial charge < -0.3 is 10.5 Å². The molecule has 186 valence electrons. The molecular weight excluding hydrogens is 473 g/mol. The lowest BCUT2D eigenvalue weighted by atomic mass is 9.84. The highest BCUT2D eigenvalue weighted by Crippen LogP contribution is 2.45. The van der Waals surface area contributed by atoms with Crippen LogP contribution < -0.4 is 10.5 Å². The maximum atomic E-state index is 13.7. The largest absolute Gasteiger partial charge is 0.496 e. The van der Waals surface area contributed by atoms with Crippen molar-refractivity contribution >= 4 is 22.5 Å². The monoisotopic (exact) mass is 495 g/mol. The lowest BCUT2D eigenvalue weighted by Gasteiger charge is -2.41. The highest BCUT2D eigenvalue weighted by Gasteiger charge is 2.40. The molecule has 1 saturated heterocycles. The highest BCUT2D eigenvalue weighted by molar-refractivity contribution is 5.88. The zero-order chi connectivity index (χ0) is 25.7. The Morgan fingerprint density at radius 1 is 1.29 bits per heavy atom. The first-order valence-corrected chi connectivity index (χ1v) is 10.6.